The van der Waals surface area contributed by atoms with Gasteiger partial charge in [-0.15, -0.1) is 0 Å². The first kappa shape index (κ1) is 30.0. The molecule has 2 saturated heterocycles. The molecule has 2 saturated carbocycles. The van der Waals surface area contributed by atoms with E-state index in [1.54, 1.807) is 24.7 Å². The van der Waals surface area contributed by atoms with Crippen molar-refractivity contribution in [1.82, 2.24) is 14.9 Å². The van der Waals surface area contributed by atoms with Crippen LogP contribution in [0.25, 0.3) is 9.69 Å². The number of hydrogen-bond acceptors (Lipinski definition) is 6. The van der Waals surface area contributed by atoms with Crippen LogP contribution in [0.1, 0.15) is 89.7 Å². The molecule has 4 aliphatic rings. The van der Waals surface area contributed by atoms with E-state index < -0.39 is 16.4 Å². The number of piperidine rings is 1. The molecule has 9 nitrogen and oxygen atoms in total. The highest BCUT2D eigenvalue weighted by molar-refractivity contribution is 5.70. The van der Waals surface area contributed by atoms with Crippen molar-refractivity contribution in [2.75, 3.05) is 0 Å². The van der Waals surface area contributed by atoms with E-state index in [-0.39, 0.29) is 18.2 Å². The Morgan fingerprint density at radius 2 is 1.33 bits per heavy atom. The summed E-state index contributed by atoms with van der Waals surface area (Å²) in [6.45, 7) is 19.8. The summed E-state index contributed by atoms with van der Waals surface area (Å²) in [7, 11) is 0. The normalized spacial score (nSPS) is 30.4. The summed E-state index contributed by atoms with van der Waals surface area (Å²) in [5.74, 6) is 1.39. The Kier molecular flexibility index (Phi) is 8.14. The SMILES string of the molecule is [C-]#[N+]c1cncc(C2(C#N)C[C@@H]3CC[C@@H](C3)C2)c1.[C-]#[N+]c1cncc(C2(C#N)C[C@H]3CC[C@@H](C2)N3C(=O)OC(C)(C)C)c1. The maximum absolute atomic E-state index is 12.6. The van der Waals surface area contributed by atoms with Crippen molar-refractivity contribution in [3.8, 4) is 12.1 Å². The monoisotopic (exact) mass is 575 g/mol. The highest BCUT2D eigenvalue weighted by atomic mass is 16.6. The topological polar surface area (TPSA) is 112 Å². The molecule has 43 heavy (non-hydrogen) atoms. The lowest BCUT2D eigenvalue weighted by atomic mass is 9.66. The average Bonchev–Trinajstić information content (AvgIpc) is 3.50. The quantitative estimate of drug-likeness (QED) is 0.342. The molecule has 2 unspecified atom stereocenters. The van der Waals surface area contributed by atoms with Gasteiger partial charge in [0.2, 0.25) is 11.4 Å². The lowest BCUT2D eigenvalue weighted by molar-refractivity contribution is 0.00232. The van der Waals surface area contributed by atoms with Crippen LogP contribution in [0.5, 0.6) is 0 Å². The maximum Gasteiger partial charge on any atom is 0.410 e. The second kappa shape index (κ2) is 11.7. The van der Waals surface area contributed by atoms with Gasteiger partial charge in [-0.2, -0.15) is 10.5 Å². The third-order valence-corrected chi connectivity index (χ3v) is 9.56. The van der Waals surface area contributed by atoms with Gasteiger partial charge in [0.05, 0.1) is 36.1 Å². The zero-order valence-electron chi connectivity index (χ0n) is 25.1. The molecule has 1 amide bonds. The number of nitrogens with zero attached hydrogens (tertiary/aromatic N) is 7. The molecule has 0 aromatic carbocycles. The third-order valence-electron chi connectivity index (χ3n) is 9.56. The molecular weight excluding hydrogens is 538 g/mol. The minimum absolute atomic E-state index is 0.00940. The van der Waals surface area contributed by atoms with Crippen molar-refractivity contribution >= 4 is 17.5 Å². The van der Waals surface area contributed by atoms with E-state index in [4.69, 9.17) is 17.9 Å². The van der Waals surface area contributed by atoms with Crippen LogP contribution in [0.3, 0.4) is 0 Å². The van der Waals surface area contributed by atoms with Crippen molar-refractivity contribution in [1.29, 1.82) is 10.5 Å². The van der Waals surface area contributed by atoms with Crippen LogP contribution in [0.4, 0.5) is 16.2 Å². The molecule has 0 radical (unpaired) electrons. The molecule has 2 aromatic heterocycles. The first-order chi connectivity index (χ1) is 20.5. The van der Waals surface area contributed by atoms with E-state index in [1.165, 1.54) is 25.5 Å². The van der Waals surface area contributed by atoms with Crippen molar-refractivity contribution in [2.45, 2.75) is 107 Å². The molecule has 2 aliphatic heterocycles. The number of carbonyl (C=O) groups is 1. The Morgan fingerprint density at radius 1 is 0.860 bits per heavy atom. The molecule has 2 aliphatic carbocycles. The second-order valence-corrected chi connectivity index (χ2v) is 13.6. The molecule has 4 fully saturated rings. The zero-order valence-corrected chi connectivity index (χ0v) is 25.1. The fourth-order valence-corrected chi connectivity index (χ4v) is 7.77. The lowest BCUT2D eigenvalue weighted by Crippen LogP contribution is -2.52. The molecule has 0 N–H and O–H groups in total. The predicted molar refractivity (Wildman–Crippen MR) is 160 cm³/mol. The molecule has 0 spiro atoms. The number of hydrogen-bond donors (Lipinski definition) is 0. The molecule has 4 bridgehead atoms. The molecule has 2 aromatic rings. The van der Waals surface area contributed by atoms with Crippen LogP contribution < -0.4 is 0 Å². The van der Waals surface area contributed by atoms with Gasteiger partial charge in [-0.05, 0) is 101 Å². The van der Waals surface area contributed by atoms with Crippen molar-refractivity contribution in [3.05, 3.63) is 70.9 Å². The van der Waals surface area contributed by atoms with Crippen molar-refractivity contribution in [2.24, 2.45) is 11.8 Å². The van der Waals surface area contributed by atoms with Crippen molar-refractivity contribution < 1.29 is 9.53 Å². The minimum atomic E-state index is -0.696. The van der Waals surface area contributed by atoms with E-state index in [0.717, 1.165) is 36.8 Å². The standard InChI is InChI=1S/C19H22N4O2.C15H15N3/c1-18(2,3)25-17(24)23-15-5-6-16(23)9-19(8-15,12-20)13-7-14(21-4)11-22-10-13;1-17-14-5-13(8-18-9-14)15(10-16)6-11-2-3-12(4-11)7-15/h7,10-11,15-16H,5-6,8-9H2,1-3H3;5,8-9,11-12H,2-4,6-7H2/t15-,16+,19?;11-,12+,15?. The molecule has 4 heterocycles. The first-order valence-electron chi connectivity index (χ1n) is 15.0. The summed E-state index contributed by atoms with van der Waals surface area (Å²) in [5.41, 5.74) is 1.10. The van der Waals surface area contributed by atoms with Crippen LogP contribution in [0.15, 0.2) is 36.9 Å². The van der Waals surface area contributed by atoms with Crippen LogP contribution in [-0.4, -0.2) is 38.6 Å². The Morgan fingerprint density at radius 3 is 1.74 bits per heavy atom. The van der Waals surface area contributed by atoms with Gasteiger partial charge in [-0.3, -0.25) is 9.97 Å². The van der Waals surface area contributed by atoms with Gasteiger partial charge in [0, 0.05) is 36.9 Å². The Balaban J connectivity index is 0.000000180. The molecule has 9 heteroatoms. The fourth-order valence-electron chi connectivity index (χ4n) is 7.77. The van der Waals surface area contributed by atoms with Gasteiger partial charge < -0.3 is 9.64 Å². The summed E-state index contributed by atoms with van der Waals surface area (Å²) in [5, 5.41) is 19.6. The Bertz CT molecular complexity index is 1520. The van der Waals surface area contributed by atoms with Crippen LogP contribution >= 0.6 is 0 Å². The van der Waals surface area contributed by atoms with Crippen LogP contribution in [-0.2, 0) is 15.6 Å². The molecule has 220 valence electrons. The Labute approximate surface area is 254 Å². The predicted octanol–water partition coefficient (Wildman–Crippen LogP) is 7.56. The van der Waals surface area contributed by atoms with Gasteiger partial charge in [-0.25, -0.2) is 14.5 Å². The smallest absolute Gasteiger partial charge is 0.410 e. The molecule has 6 rings (SSSR count). The number of pyridine rings is 2. The number of aromatic nitrogens is 2. The van der Waals surface area contributed by atoms with E-state index in [1.807, 2.05) is 31.7 Å². The van der Waals surface area contributed by atoms with E-state index in [9.17, 15) is 15.3 Å². The summed E-state index contributed by atoms with van der Waals surface area (Å²) in [6, 6.07) is 8.61. The number of carbonyl (C=O) groups excluding carboxylic acids is 1. The highest BCUT2D eigenvalue weighted by Crippen LogP contribution is 2.52. The lowest BCUT2D eigenvalue weighted by Gasteiger charge is -2.43. The zero-order chi connectivity index (χ0) is 30.8. The number of nitriles is 2. The number of amides is 1. The van der Waals surface area contributed by atoms with Gasteiger partial charge in [0.1, 0.15) is 5.60 Å². The average molecular weight is 576 g/mol. The van der Waals surface area contributed by atoms with Crippen LogP contribution in [0, 0.1) is 47.6 Å². The van der Waals surface area contributed by atoms with Gasteiger partial charge in [0.15, 0.2) is 0 Å². The number of fused-ring (bicyclic) bond motifs is 4. The van der Waals surface area contributed by atoms with Gasteiger partial charge in [-0.1, -0.05) is 12.8 Å². The summed E-state index contributed by atoms with van der Waals surface area (Å²) < 4.78 is 5.55. The fraction of sp³-hybridized carbons (Fsp3) is 0.559. The summed E-state index contributed by atoms with van der Waals surface area (Å²) in [6.07, 6.45) is 14.8. The van der Waals surface area contributed by atoms with Crippen LogP contribution in [0.2, 0.25) is 0 Å². The largest absolute Gasteiger partial charge is 0.444 e. The number of rotatable bonds is 2. The summed E-state index contributed by atoms with van der Waals surface area (Å²) >= 11 is 0. The van der Waals surface area contributed by atoms with Gasteiger partial charge >= 0.3 is 6.09 Å². The van der Waals surface area contributed by atoms with E-state index in [2.05, 4.69) is 31.8 Å². The maximum atomic E-state index is 12.6. The number of ether oxygens (including phenoxy) is 1. The van der Waals surface area contributed by atoms with Crippen molar-refractivity contribution in [3.63, 3.8) is 0 Å². The highest BCUT2D eigenvalue weighted by Gasteiger charge is 2.52. The third kappa shape index (κ3) is 6.04. The molecular formula is C34H37N7O2. The van der Waals surface area contributed by atoms with E-state index >= 15 is 0 Å². The molecule has 6 atom stereocenters. The summed E-state index contributed by atoms with van der Waals surface area (Å²) in [4.78, 5) is 29.5. The minimum Gasteiger partial charge on any atom is -0.444 e. The van der Waals surface area contributed by atoms with E-state index in [0.29, 0.717) is 36.1 Å². The Hall–Kier alpha value is -4.47. The van der Waals surface area contributed by atoms with Gasteiger partial charge in [0.25, 0.3) is 0 Å². The first-order valence-corrected chi connectivity index (χ1v) is 15.0. The second-order valence-electron chi connectivity index (χ2n) is 13.6.